The van der Waals surface area contributed by atoms with Crippen molar-refractivity contribution in [1.82, 2.24) is 20.1 Å². The van der Waals surface area contributed by atoms with Gasteiger partial charge in [0.2, 0.25) is 0 Å². The van der Waals surface area contributed by atoms with Crippen molar-refractivity contribution in [3.8, 4) is 0 Å². The maximum absolute atomic E-state index is 10.00. The van der Waals surface area contributed by atoms with Crippen molar-refractivity contribution >= 4 is 6.21 Å². The summed E-state index contributed by atoms with van der Waals surface area (Å²) >= 11 is 0. The third-order valence-corrected chi connectivity index (χ3v) is 5.10. The summed E-state index contributed by atoms with van der Waals surface area (Å²) in [5.41, 5.74) is 0. The molecule has 6 nitrogen and oxygen atoms in total. The van der Waals surface area contributed by atoms with E-state index in [0.29, 0.717) is 17.9 Å². The molecule has 0 radical (unpaired) electrons. The minimum absolute atomic E-state index is 0.170. The zero-order valence-electron chi connectivity index (χ0n) is 11.7. The Morgan fingerprint density at radius 3 is 3.15 bits per heavy atom. The normalized spacial score (nSPS) is 39.0. The van der Waals surface area contributed by atoms with E-state index in [1.54, 1.807) is 0 Å². The van der Waals surface area contributed by atoms with Crippen molar-refractivity contribution in [2.24, 2.45) is 10.9 Å². The molecule has 1 aromatic rings. The number of aliphatic imine (C=N–C) groups is 1. The first-order valence-corrected chi connectivity index (χ1v) is 7.64. The standard InChI is InChI=1S/C14H21N5O/c1-2-8-5-9(20)6-10(8)14-18-17-12-7-16-13-11(19(12)14)3-4-15-13/h4,8-11,13,16,20H,2-3,5-7H2,1H3. The van der Waals surface area contributed by atoms with Crippen LogP contribution in [0, 0.1) is 5.92 Å². The van der Waals surface area contributed by atoms with Crippen LogP contribution in [0.1, 0.15) is 56.2 Å². The molecule has 4 rings (SSSR count). The van der Waals surface area contributed by atoms with Gasteiger partial charge in [-0.15, -0.1) is 10.2 Å². The summed E-state index contributed by atoms with van der Waals surface area (Å²) in [6.45, 7) is 2.93. The molecule has 3 aliphatic rings. The van der Waals surface area contributed by atoms with Crippen molar-refractivity contribution in [2.45, 2.75) is 63.4 Å². The predicted molar refractivity (Wildman–Crippen MR) is 74.6 cm³/mol. The molecule has 1 aromatic heterocycles. The predicted octanol–water partition coefficient (Wildman–Crippen LogP) is 0.987. The lowest BCUT2D eigenvalue weighted by Crippen LogP contribution is -2.40. The molecule has 0 spiro atoms. The Morgan fingerprint density at radius 2 is 2.30 bits per heavy atom. The summed E-state index contributed by atoms with van der Waals surface area (Å²) in [6.07, 6.45) is 5.74. The van der Waals surface area contributed by atoms with Crippen LogP contribution in [0.3, 0.4) is 0 Å². The lowest BCUT2D eigenvalue weighted by molar-refractivity contribution is 0.176. The van der Waals surface area contributed by atoms with E-state index >= 15 is 0 Å². The number of hydrogen-bond donors (Lipinski definition) is 2. The van der Waals surface area contributed by atoms with Crippen molar-refractivity contribution in [3.05, 3.63) is 11.6 Å². The van der Waals surface area contributed by atoms with Gasteiger partial charge in [-0.3, -0.25) is 10.3 Å². The molecule has 6 heteroatoms. The molecule has 1 saturated carbocycles. The zero-order chi connectivity index (χ0) is 13.7. The van der Waals surface area contributed by atoms with E-state index in [-0.39, 0.29) is 12.3 Å². The van der Waals surface area contributed by atoms with Crippen LogP contribution in [0.5, 0.6) is 0 Å². The molecule has 5 atom stereocenters. The molecule has 0 aromatic carbocycles. The van der Waals surface area contributed by atoms with Crippen LogP contribution >= 0.6 is 0 Å². The highest BCUT2D eigenvalue weighted by molar-refractivity contribution is 5.61. The molecule has 2 N–H and O–H groups in total. The zero-order valence-corrected chi connectivity index (χ0v) is 11.7. The average Bonchev–Trinajstić information content (AvgIpc) is 3.13. The number of aromatic nitrogens is 3. The number of aliphatic hydroxyl groups is 1. The first kappa shape index (κ1) is 12.5. The fourth-order valence-electron chi connectivity index (χ4n) is 4.08. The van der Waals surface area contributed by atoms with Crippen LogP contribution in [-0.2, 0) is 6.54 Å². The molecular formula is C14H21N5O. The van der Waals surface area contributed by atoms with Crippen LogP contribution < -0.4 is 5.32 Å². The fraction of sp³-hybridized carbons (Fsp3) is 0.786. The van der Waals surface area contributed by atoms with Gasteiger partial charge in [0.05, 0.1) is 18.7 Å². The summed E-state index contributed by atoms with van der Waals surface area (Å²) in [4.78, 5) is 4.50. The van der Waals surface area contributed by atoms with Gasteiger partial charge in [0.1, 0.15) is 17.8 Å². The first-order valence-electron chi connectivity index (χ1n) is 7.64. The summed E-state index contributed by atoms with van der Waals surface area (Å²) < 4.78 is 2.31. The van der Waals surface area contributed by atoms with Crippen molar-refractivity contribution in [3.63, 3.8) is 0 Å². The van der Waals surface area contributed by atoms with Gasteiger partial charge in [-0.1, -0.05) is 13.3 Å². The lowest BCUT2D eigenvalue weighted by Gasteiger charge is -2.30. The fourth-order valence-corrected chi connectivity index (χ4v) is 4.08. The van der Waals surface area contributed by atoms with Gasteiger partial charge in [0.25, 0.3) is 0 Å². The Labute approximate surface area is 118 Å². The largest absolute Gasteiger partial charge is 0.393 e. The molecule has 3 heterocycles. The number of nitrogens with one attached hydrogen (secondary N) is 1. The minimum Gasteiger partial charge on any atom is -0.393 e. The Morgan fingerprint density at radius 1 is 1.40 bits per heavy atom. The van der Waals surface area contributed by atoms with Gasteiger partial charge >= 0.3 is 0 Å². The minimum atomic E-state index is -0.185. The van der Waals surface area contributed by atoms with Gasteiger partial charge in [-0.25, -0.2) is 0 Å². The Hall–Kier alpha value is -1.27. The smallest absolute Gasteiger partial charge is 0.147 e. The van der Waals surface area contributed by atoms with Crippen LogP contribution in [0.2, 0.25) is 0 Å². The molecule has 1 aliphatic carbocycles. The van der Waals surface area contributed by atoms with E-state index in [1.807, 2.05) is 6.21 Å². The van der Waals surface area contributed by atoms with Crippen LogP contribution in [0.15, 0.2) is 4.99 Å². The second kappa shape index (κ2) is 4.63. The molecule has 20 heavy (non-hydrogen) atoms. The van der Waals surface area contributed by atoms with Gasteiger partial charge < -0.3 is 9.67 Å². The van der Waals surface area contributed by atoms with E-state index in [4.69, 9.17) is 0 Å². The number of fused-ring (bicyclic) bond motifs is 3. The topological polar surface area (TPSA) is 75.3 Å². The average molecular weight is 275 g/mol. The van der Waals surface area contributed by atoms with Gasteiger partial charge in [-0.05, 0) is 18.8 Å². The monoisotopic (exact) mass is 275 g/mol. The number of nitrogens with zero attached hydrogens (tertiary/aromatic N) is 4. The van der Waals surface area contributed by atoms with Gasteiger partial charge in [0.15, 0.2) is 0 Å². The Kier molecular flexibility index (Phi) is 2.89. The highest BCUT2D eigenvalue weighted by atomic mass is 16.3. The SMILES string of the molecule is CCC1CC(O)CC1c1nnc2n1C1CC=NC1NC2. The van der Waals surface area contributed by atoms with Gasteiger partial charge in [-0.2, -0.15) is 0 Å². The Balaban J connectivity index is 1.72. The molecule has 0 amide bonds. The second-order valence-corrected chi connectivity index (χ2v) is 6.20. The van der Waals surface area contributed by atoms with E-state index in [2.05, 4.69) is 32.0 Å². The molecule has 0 bridgehead atoms. The number of hydrogen-bond acceptors (Lipinski definition) is 5. The number of rotatable bonds is 2. The first-order chi connectivity index (χ1) is 9.78. The highest BCUT2D eigenvalue weighted by Crippen LogP contribution is 2.43. The van der Waals surface area contributed by atoms with Gasteiger partial charge in [0, 0.05) is 18.6 Å². The van der Waals surface area contributed by atoms with E-state index < -0.39 is 0 Å². The van der Waals surface area contributed by atoms with E-state index in [1.165, 1.54) is 0 Å². The van der Waals surface area contributed by atoms with Crippen LogP contribution in [0.25, 0.3) is 0 Å². The molecular weight excluding hydrogens is 254 g/mol. The third-order valence-electron chi connectivity index (χ3n) is 5.10. The highest BCUT2D eigenvalue weighted by Gasteiger charge is 2.40. The second-order valence-electron chi connectivity index (χ2n) is 6.20. The number of aliphatic hydroxyl groups excluding tert-OH is 1. The third kappa shape index (κ3) is 1.74. The molecule has 0 saturated heterocycles. The summed E-state index contributed by atoms with van der Waals surface area (Å²) in [6, 6.07) is 0.319. The van der Waals surface area contributed by atoms with Crippen LogP contribution in [0.4, 0.5) is 0 Å². The maximum atomic E-state index is 10.00. The quantitative estimate of drug-likeness (QED) is 0.844. The lowest BCUT2D eigenvalue weighted by atomic mass is 9.92. The molecule has 108 valence electrons. The van der Waals surface area contributed by atoms with Crippen LogP contribution in [-0.4, -0.2) is 38.4 Å². The van der Waals surface area contributed by atoms with Crippen molar-refractivity contribution in [1.29, 1.82) is 0 Å². The van der Waals surface area contributed by atoms with E-state index in [0.717, 1.165) is 43.9 Å². The molecule has 2 aliphatic heterocycles. The molecule has 5 unspecified atom stereocenters. The van der Waals surface area contributed by atoms with Crippen molar-refractivity contribution < 1.29 is 5.11 Å². The Bertz CT molecular complexity index is 540. The molecule has 1 fully saturated rings. The van der Waals surface area contributed by atoms with E-state index in [9.17, 15) is 5.11 Å². The summed E-state index contributed by atoms with van der Waals surface area (Å²) in [5, 5.41) is 22.2. The summed E-state index contributed by atoms with van der Waals surface area (Å²) in [5.74, 6) is 2.96. The maximum Gasteiger partial charge on any atom is 0.147 e. The van der Waals surface area contributed by atoms with Crippen molar-refractivity contribution in [2.75, 3.05) is 0 Å². The summed E-state index contributed by atoms with van der Waals surface area (Å²) in [7, 11) is 0.